The fourth-order valence-corrected chi connectivity index (χ4v) is 4.16. The SMILES string of the molecule is C(=CC1Nc2ccccc2C(c2ccccc2)(c2ccccc2)O1)c1ccccc1. The standard InChI is InChI=1S/C28H23NO/c1-4-12-22(13-5-1)20-21-27-29-26-19-11-10-18-25(26)28(30-27,23-14-6-2-7-15-23)24-16-8-3-9-17-24/h1-21,27,29H. The second-order valence-corrected chi connectivity index (χ2v) is 7.41. The van der Waals surface area contributed by atoms with Crippen LogP contribution in [0, 0.1) is 0 Å². The molecule has 146 valence electrons. The lowest BCUT2D eigenvalue weighted by atomic mass is 9.78. The van der Waals surface area contributed by atoms with Gasteiger partial charge in [-0.15, -0.1) is 0 Å². The lowest BCUT2D eigenvalue weighted by Crippen LogP contribution is -2.43. The molecule has 0 aromatic heterocycles. The zero-order valence-electron chi connectivity index (χ0n) is 16.6. The molecule has 4 aromatic rings. The van der Waals surface area contributed by atoms with Gasteiger partial charge in [0, 0.05) is 11.3 Å². The van der Waals surface area contributed by atoms with E-state index in [0.717, 1.165) is 27.9 Å². The van der Waals surface area contributed by atoms with Crippen LogP contribution >= 0.6 is 0 Å². The molecular formula is C28H23NO. The zero-order chi connectivity index (χ0) is 20.2. The normalized spacial score (nSPS) is 17.3. The lowest BCUT2D eigenvalue weighted by Gasteiger charge is -2.43. The minimum atomic E-state index is -0.698. The highest BCUT2D eigenvalue weighted by Gasteiger charge is 2.43. The summed E-state index contributed by atoms with van der Waals surface area (Å²) in [6.07, 6.45) is 3.92. The summed E-state index contributed by atoms with van der Waals surface area (Å²) in [6.45, 7) is 0. The van der Waals surface area contributed by atoms with Crippen LogP contribution in [-0.4, -0.2) is 6.23 Å². The molecule has 1 aliphatic heterocycles. The molecule has 0 amide bonds. The van der Waals surface area contributed by atoms with E-state index in [4.69, 9.17) is 4.74 Å². The number of rotatable bonds is 4. The summed E-state index contributed by atoms with van der Waals surface area (Å²) in [5.41, 5.74) is 4.88. The first-order valence-electron chi connectivity index (χ1n) is 10.2. The second kappa shape index (κ2) is 8.02. The highest BCUT2D eigenvalue weighted by atomic mass is 16.5. The van der Waals surface area contributed by atoms with Crippen LogP contribution < -0.4 is 5.32 Å². The molecule has 0 spiro atoms. The first-order valence-corrected chi connectivity index (χ1v) is 10.2. The summed E-state index contributed by atoms with van der Waals surface area (Å²) in [5, 5.41) is 3.55. The maximum Gasteiger partial charge on any atom is 0.149 e. The minimum absolute atomic E-state index is 0.277. The quantitative estimate of drug-likeness (QED) is 0.432. The van der Waals surface area contributed by atoms with E-state index in [2.05, 4.69) is 102 Å². The molecule has 4 aromatic carbocycles. The van der Waals surface area contributed by atoms with Crippen molar-refractivity contribution in [3.8, 4) is 0 Å². The van der Waals surface area contributed by atoms with Gasteiger partial charge in [0.05, 0.1) is 0 Å². The Bertz CT molecular complexity index is 1100. The molecule has 0 fully saturated rings. The first kappa shape index (κ1) is 18.4. The van der Waals surface area contributed by atoms with E-state index < -0.39 is 5.60 Å². The van der Waals surface area contributed by atoms with Gasteiger partial charge in [0.25, 0.3) is 0 Å². The van der Waals surface area contributed by atoms with E-state index in [9.17, 15) is 0 Å². The van der Waals surface area contributed by atoms with Crippen molar-refractivity contribution in [3.63, 3.8) is 0 Å². The molecule has 5 rings (SSSR count). The van der Waals surface area contributed by atoms with Crippen molar-refractivity contribution in [2.75, 3.05) is 5.32 Å². The number of hydrogen-bond acceptors (Lipinski definition) is 2. The maximum absolute atomic E-state index is 6.90. The second-order valence-electron chi connectivity index (χ2n) is 7.41. The third kappa shape index (κ3) is 3.32. The van der Waals surface area contributed by atoms with Crippen LogP contribution in [0.1, 0.15) is 22.3 Å². The average Bonchev–Trinajstić information content (AvgIpc) is 2.84. The molecule has 2 nitrogen and oxygen atoms in total. The Balaban J connectivity index is 1.67. The van der Waals surface area contributed by atoms with Crippen LogP contribution in [0.3, 0.4) is 0 Å². The van der Waals surface area contributed by atoms with Gasteiger partial charge in [0.15, 0.2) is 0 Å². The van der Waals surface area contributed by atoms with E-state index in [-0.39, 0.29) is 6.23 Å². The monoisotopic (exact) mass is 389 g/mol. The zero-order valence-corrected chi connectivity index (χ0v) is 16.6. The van der Waals surface area contributed by atoms with Gasteiger partial charge in [-0.3, -0.25) is 0 Å². The number of para-hydroxylation sites is 1. The van der Waals surface area contributed by atoms with Crippen LogP contribution in [0.2, 0.25) is 0 Å². The topological polar surface area (TPSA) is 21.3 Å². The lowest BCUT2D eigenvalue weighted by molar-refractivity contribution is -0.0188. The van der Waals surface area contributed by atoms with Gasteiger partial charge in [0.2, 0.25) is 0 Å². The van der Waals surface area contributed by atoms with Gasteiger partial charge in [-0.1, -0.05) is 115 Å². The molecule has 1 atom stereocenters. The molecular weight excluding hydrogens is 366 g/mol. The number of hydrogen-bond donors (Lipinski definition) is 1. The molecule has 0 aliphatic carbocycles. The molecule has 1 N–H and O–H groups in total. The maximum atomic E-state index is 6.90. The van der Waals surface area contributed by atoms with Crippen LogP contribution in [0.5, 0.6) is 0 Å². The Labute approximate surface area is 177 Å². The smallest absolute Gasteiger partial charge is 0.149 e. The van der Waals surface area contributed by atoms with E-state index >= 15 is 0 Å². The van der Waals surface area contributed by atoms with Gasteiger partial charge in [-0.2, -0.15) is 0 Å². The summed E-state index contributed by atoms with van der Waals surface area (Å²) >= 11 is 0. The van der Waals surface area contributed by atoms with Crippen molar-refractivity contribution < 1.29 is 4.74 Å². The van der Waals surface area contributed by atoms with E-state index in [1.807, 2.05) is 30.3 Å². The van der Waals surface area contributed by atoms with E-state index in [1.165, 1.54) is 0 Å². The summed E-state index contributed by atoms with van der Waals surface area (Å²) in [6, 6.07) is 39.7. The predicted octanol–water partition coefficient (Wildman–Crippen LogP) is 6.46. The number of ether oxygens (including phenoxy) is 1. The summed E-state index contributed by atoms with van der Waals surface area (Å²) in [4.78, 5) is 0. The Morgan fingerprint density at radius 1 is 0.633 bits per heavy atom. The van der Waals surface area contributed by atoms with Gasteiger partial charge in [0.1, 0.15) is 11.8 Å². The van der Waals surface area contributed by atoms with Crippen molar-refractivity contribution in [1.82, 2.24) is 0 Å². The van der Waals surface area contributed by atoms with Crippen LogP contribution in [0.25, 0.3) is 6.08 Å². The van der Waals surface area contributed by atoms with Crippen LogP contribution in [0.4, 0.5) is 5.69 Å². The molecule has 1 aliphatic rings. The third-order valence-corrected chi connectivity index (χ3v) is 5.53. The van der Waals surface area contributed by atoms with Gasteiger partial charge >= 0.3 is 0 Å². The summed E-state index contributed by atoms with van der Waals surface area (Å²) < 4.78 is 6.90. The average molecular weight is 389 g/mol. The summed E-state index contributed by atoms with van der Waals surface area (Å²) in [7, 11) is 0. The molecule has 0 bridgehead atoms. The summed E-state index contributed by atoms with van der Waals surface area (Å²) in [5.74, 6) is 0. The fraction of sp³-hybridized carbons (Fsp3) is 0.0714. The minimum Gasteiger partial charge on any atom is -0.356 e. The Morgan fingerprint density at radius 3 is 1.80 bits per heavy atom. The van der Waals surface area contributed by atoms with Crippen molar-refractivity contribution in [1.29, 1.82) is 0 Å². The highest BCUT2D eigenvalue weighted by molar-refractivity contribution is 5.64. The number of anilines is 1. The highest BCUT2D eigenvalue weighted by Crippen LogP contribution is 2.47. The fourth-order valence-electron chi connectivity index (χ4n) is 4.16. The molecule has 2 heteroatoms. The molecule has 1 unspecified atom stereocenters. The van der Waals surface area contributed by atoms with Crippen molar-refractivity contribution in [2.24, 2.45) is 0 Å². The van der Waals surface area contributed by atoms with Gasteiger partial charge in [-0.25, -0.2) is 0 Å². The Morgan fingerprint density at radius 2 is 1.17 bits per heavy atom. The number of nitrogens with one attached hydrogen (secondary N) is 1. The van der Waals surface area contributed by atoms with Crippen molar-refractivity contribution in [2.45, 2.75) is 11.8 Å². The molecule has 0 saturated carbocycles. The van der Waals surface area contributed by atoms with Gasteiger partial charge < -0.3 is 10.1 Å². The molecule has 1 heterocycles. The largest absolute Gasteiger partial charge is 0.356 e. The molecule has 30 heavy (non-hydrogen) atoms. The van der Waals surface area contributed by atoms with Crippen LogP contribution in [-0.2, 0) is 10.3 Å². The first-order chi connectivity index (χ1) is 14.9. The number of benzene rings is 4. The van der Waals surface area contributed by atoms with Crippen molar-refractivity contribution >= 4 is 11.8 Å². The van der Waals surface area contributed by atoms with E-state index in [0.29, 0.717) is 0 Å². The van der Waals surface area contributed by atoms with Crippen LogP contribution in [0.15, 0.2) is 121 Å². The molecule has 0 radical (unpaired) electrons. The van der Waals surface area contributed by atoms with Crippen molar-refractivity contribution in [3.05, 3.63) is 144 Å². The Hall–Kier alpha value is -3.62. The van der Waals surface area contributed by atoms with E-state index in [1.54, 1.807) is 0 Å². The third-order valence-electron chi connectivity index (χ3n) is 5.53. The molecule has 0 saturated heterocycles. The van der Waals surface area contributed by atoms with Gasteiger partial charge in [-0.05, 0) is 28.8 Å². The Kier molecular flexibility index (Phi) is 4.92. The number of fused-ring (bicyclic) bond motifs is 1. The predicted molar refractivity (Wildman–Crippen MR) is 123 cm³/mol.